The molecule has 0 bridgehead atoms. The van der Waals surface area contributed by atoms with Gasteiger partial charge in [0.05, 0.1) is 21.5 Å². The van der Waals surface area contributed by atoms with Crippen molar-refractivity contribution in [1.82, 2.24) is 20.2 Å². The van der Waals surface area contributed by atoms with E-state index in [1.54, 1.807) is 11.3 Å². The van der Waals surface area contributed by atoms with Crippen molar-refractivity contribution in [2.75, 3.05) is 49.5 Å². The molecule has 3 aromatic heterocycles. The predicted octanol–water partition coefficient (Wildman–Crippen LogP) is 3.96. The van der Waals surface area contributed by atoms with E-state index in [0.717, 1.165) is 72.6 Å². The Morgan fingerprint density at radius 2 is 1.84 bits per heavy atom. The van der Waals surface area contributed by atoms with Crippen LogP contribution in [0.3, 0.4) is 0 Å². The van der Waals surface area contributed by atoms with Crippen molar-refractivity contribution in [2.24, 2.45) is 0 Å². The fourth-order valence-electron chi connectivity index (χ4n) is 4.72. The molecule has 0 aromatic carbocycles. The SMILES string of the molecule is O=C(c1sc2cnc(Nc3ccc(N4CCNCC4)cn3)cc2c1C1CCC1)N1CCC1. The normalized spacial score (nSPS) is 19.0. The number of anilines is 3. The second-order valence-electron chi connectivity index (χ2n) is 8.95. The first-order valence-electron chi connectivity index (χ1n) is 11.7. The molecule has 2 aliphatic heterocycles. The van der Waals surface area contributed by atoms with Gasteiger partial charge < -0.3 is 20.4 Å². The quantitative estimate of drug-likeness (QED) is 0.616. The molecule has 3 aromatic rings. The number of rotatable bonds is 5. The van der Waals surface area contributed by atoms with E-state index in [4.69, 9.17) is 0 Å². The molecular formula is C24H28N6OS. The summed E-state index contributed by atoms with van der Waals surface area (Å²) in [6.45, 7) is 5.81. The Morgan fingerprint density at radius 3 is 2.50 bits per heavy atom. The number of hydrogen-bond donors (Lipinski definition) is 2. The number of aromatic nitrogens is 2. The Labute approximate surface area is 191 Å². The van der Waals surface area contributed by atoms with Gasteiger partial charge in [0.25, 0.3) is 5.91 Å². The summed E-state index contributed by atoms with van der Waals surface area (Å²) in [5, 5.41) is 7.93. The van der Waals surface area contributed by atoms with Crippen LogP contribution in [0, 0.1) is 0 Å². The van der Waals surface area contributed by atoms with Crippen molar-refractivity contribution in [3.05, 3.63) is 41.0 Å². The highest BCUT2D eigenvalue weighted by molar-refractivity contribution is 7.21. The summed E-state index contributed by atoms with van der Waals surface area (Å²) in [6, 6.07) is 6.24. The van der Waals surface area contributed by atoms with Crippen LogP contribution in [0.1, 0.15) is 46.8 Å². The van der Waals surface area contributed by atoms with Gasteiger partial charge in [0, 0.05) is 50.9 Å². The minimum absolute atomic E-state index is 0.207. The lowest BCUT2D eigenvalue weighted by Gasteiger charge is -2.32. The minimum atomic E-state index is 0.207. The third-order valence-electron chi connectivity index (χ3n) is 6.95. The van der Waals surface area contributed by atoms with Gasteiger partial charge in [-0.1, -0.05) is 6.42 Å². The van der Waals surface area contributed by atoms with Crippen molar-refractivity contribution in [1.29, 1.82) is 0 Å². The van der Waals surface area contributed by atoms with E-state index in [0.29, 0.717) is 5.92 Å². The molecule has 32 heavy (non-hydrogen) atoms. The van der Waals surface area contributed by atoms with Crippen molar-refractivity contribution >= 4 is 44.7 Å². The molecule has 3 aliphatic rings. The van der Waals surface area contributed by atoms with Crippen LogP contribution in [0.15, 0.2) is 30.6 Å². The second-order valence-corrected chi connectivity index (χ2v) is 10.0. The summed E-state index contributed by atoms with van der Waals surface area (Å²) >= 11 is 1.61. The largest absolute Gasteiger partial charge is 0.368 e. The maximum Gasteiger partial charge on any atom is 0.264 e. The summed E-state index contributed by atoms with van der Waals surface area (Å²) in [6.07, 6.45) is 8.55. The van der Waals surface area contributed by atoms with Gasteiger partial charge in [-0.3, -0.25) is 4.79 Å². The molecule has 166 valence electrons. The van der Waals surface area contributed by atoms with Gasteiger partial charge in [0.15, 0.2) is 0 Å². The number of hydrogen-bond acceptors (Lipinski definition) is 7. The number of carbonyl (C=O) groups excluding carboxylic acids is 1. The molecule has 3 fully saturated rings. The Kier molecular flexibility index (Phi) is 5.19. The molecule has 2 N–H and O–H groups in total. The molecule has 1 aliphatic carbocycles. The number of pyridine rings is 2. The highest BCUT2D eigenvalue weighted by atomic mass is 32.1. The topological polar surface area (TPSA) is 73.4 Å². The van der Waals surface area contributed by atoms with Crippen LogP contribution < -0.4 is 15.5 Å². The zero-order valence-corrected chi connectivity index (χ0v) is 19.0. The molecule has 7 nitrogen and oxygen atoms in total. The van der Waals surface area contributed by atoms with Gasteiger partial charge in [-0.25, -0.2) is 9.97 Å². The number of fused-ring (bicyclic) bond motifs is 1. The van der Waals surface area contributed by atoms with E-state index >= 15 is 0 Å². The highest BCUT2D eigenvalue weighted by Gasteiger charge is 2.32. The Balaban J connectivity index is 1.27. The van der Waals surface area contributed by atoms with Gasteiger partial charge in [-0.05, 0) is 48.9 Å². The molecule has 6 rings (SSSR count). The molecule has 0 unspecified atom stereocenters. The van der Waals surface area contributed by atoms with Gasteiger partial charge in [0.1, 0.15) is 11.6 Å². The summed E-state index contributed by atoms with van der Waals surface area (Å²) in [7, 11) is 0. The monoisotopic (exact) mass is 448 g/mol. The number of nitrogens with zero attached hydrogens (tertiary/aromatic N) is 4. The number of carbonyl (C=O) groups is 1. The van der Waals surface area contributed by atoms with Crippen LogP contribution in [-0.2, 0) is 0 Å². The summed E-state index contributed by atoms with van der Waals surface area (Å²) in [5.74, 6) is 2.27. The van der Waals surface area contributed by atoms with Gasteiger partial charge in [0.2, 0.25) is 0 Å². The predicted molar refractivity (Wildman–Crippen MR) is 129 cm³/mol. The van der Waals surface area contributed by atoms with E-state index in [2.05, 4.69) is 37.6 Å². The van der Waals surface area contributed by atoms with Crippen molar-refractivity contribution in [2.45, 2.75) is 31.6 Å². The first kappa shape index (κ1) is 19.9. The lowest BCUT2D eigenvalue weighted by molar-refractivity contribution is 0.0655. The van der Waals surface area contributed by atoms with Crippen LogP contribution in [0.25, 0.3) is 10.1 Å². The molecule has 0 spiro atoms. The molecule has 5 heterocycles. The van der Waals surface area contributed by atoms with E-state index in [9.17, 15) is 4.79 Å². The Bertz CT molecular complexity index is 1130. The zero-order valence-electron chi connectivity index (χ0n) is 18.1. The number of nitrogens with one attached hydrogen (secondary N) is 2. The third kappa shape index (κ3) is 3.61. The minimum Gasteiger partial charge on any atom is -0.368 e. The standard InChI is InChI=1S/C24H28N6OS/c31-24(30-9-2-10-30)23-22(16-3-1-4-16)18-13-21(27-15-19(18)32-23)28-20-6-5-17(14-26-20)29-11-7-25-8-12-29/h5-6,13-16,25H,1-4,7-12H2,(H,26,27,28). The van der Waals surface area contributed by atoms with E-state index < -0.39 is 0 Å². The lowest BCUT2D eigenvalue weighted by Crippen LogP contribution is -2.43. The molecule has 0 atom stereocenters. The van der Waals surface area contributed by atoms with Gasteiger partial charge in [-0.15, -0.1) is 11.3 Å². The fourth-order valence-corrected chi connectivity index (χ4v) is 5.92. The van der Waals surface area contributed by atoms with Crippen LogP contribution >= 0.6 is 11.3 Å². The summed E-state index contributed by atoms with van der Waals surface area (Å²) in [4.78, 5) is 27.6. The summed E-state index contributed by atoms with van der Waals surface area (Å²) in [5.41, 5.74) is 2.40. The Hall–Kier alpha value is -2.71. The van der Waals surface area contributed by atoms with Crippen molar-refractivity contribution < 1.29 is 4.79 Å². The lowest BCUT2D eigenvalue weighted by atomic mass is 9.78. The number of thiophene rings is 1. The summed E-state index contributed by atoms with van der Waals surface area (Å²) < 4.78 is 1.10. The number of likely N-dealkylation sites (tertiary alicyclic amines) is 1. The van der Waals surface area contributed by atoms with Gasteiger partial charge in [-0.2, -0.15) is 0 Å². The highest BCUT2D eigenvalue weighted by Crippen LogP contribution is 2.46. The van der Waals surface area contributed by atoms with Crippen LogP contribution in [0.2, 0.25) is 0 Å². The van der Waals surface area contributed by atoms with Gasteiger partial charge >= 0.3 is 0 Å². The maximum absolute atomic E-state index is 13.1. The van der Waals surface area contributed by atoms with Crippen molar-refractivity contribution in [3.8, 4) is 0 Å². The maximum atomic E-state index is 13.1. The Morgan fingerprint density at radius 1 is 1.03 bits per heavy atom. The molecule has 2 saturated heterocycles. The van der Waals surface area contributed by atoms with E-state index in [1.165, 1.54) is 30.2 Å². The first-order valence-corrected chi connectivity index (χ1v) is 12.5. The van der Waals surface area contributed by atoms with Crippen LogP contribution in [0.5, 0.6) is 0 Å². The molecule has 1 saturated carbocycles. The first-order chi connectivity index (χ1) is 15.8. The fraction of sp³-hybridized carbons (Fsp3) is 0.458. The van der Waals surface area contributed by atoms with E-state index in [-0.39, 0.29) is 5.91 Å². The average Bonchev–Trinajstić information content (AvgIpc) is 3.11. The zero-order chi connectivity index (χ0) is 21.5. The smallest absolute Gasteiger partial charge is 0.264 e. The van der Waals surface area contributed by atoms with Crippen LogP contribution in [-0.4, -0.2) is 60.0 Å². The molecule has 0 radical (unpaired) electrons. The average molecular weight is 449 g/mol. The van der Waals surface area contributed by atoms with Crippen LogP contribution in [0.4, 0.5) is 17.3 Å². The molecular weight excluding hydrogens is 420 g/mol. The number of piperazine rings is 1. The second kappa shape index (κ2) is 8.33. The number of amides is 1. The van der Waals surface area contributed by atoms with E-state index in [1.807, 2.05) is 23.4 Å². The third-order valence-corrected chi connectivity index (χ3v) is 8.10. The molecule has 8 heteroatoms. The molecule has 1 amide bonds. The van der Waals surface area contributed by atoms with Crippen molar-refractivity contribution in [3.63, 3.8) is 0 Å².